The fraction of sp³-hybridized carbons (Fsp3) is 0.190. The number of nitrogens with one attached hydrogen (secondary N) is 2. The second-order valence-corrected chi connectivity index (χ2v) is 8.44. The number of hydrogen-bond donors (Lipinski definition) is 2. The Morgan fingerprint density at radius 2 is 1.61 bits per heavy atom. The van der Waals surface area contributed by atoms with E-state index in [1.54, 1.807) is 25.1 Å². The molecule has 0 saturated heterocycles. The molecule has 3 aromatic rings. The van der Waals surface area contributed by atoms with E-state index in [0.717, 1.165) is 22.6 Å². The van der Waals surface area contributed by atoms with Gasteiger partial charge in [0.05, 0.1) is 10.5 Å². The molecule has 0 aliphatic heterocycles. The summed E-state index contributed by atoms with van der Waals surface area (Å²) in [6.07, 6.45) is 0. The normalized spacial score (nSPS) is 11.4. The first-order valence-electron chi connectivity index (χ1n) is 8.84. The van der Waals surface area contributed by atoms with Gasteiger partial charge in [-0.05, 0) is 57.5 Å². The Hall–Kier alpha value is -2.90. The SMILES string of the molecule is Cc1ccc(S(=O)(=O)NNC(=O)c2cc(C)n(-c3ccccc3)c2C)c(C)c1. The third kappa shape index (κ3) is 3.85. The molecule has 0 aliphatic carbocycles. The van der Waals surface area contributed by atoms with Crippen LogP contribution in [0.5, 0.6) is 0 Å². The zero-order valence-corrected chi connectivity index (χ0v) is 17.1. The monoisotopic (exact) mass is 397 g/mol. The molecule has 6 nitrogen and oxygen atoms in total. The standard InChI is InChI=1S/C21H23N3O3S/c1-14-10-11-20(15(2)12-14)28(26,27)23-22-21(25)19-13-16(3)24(17(19)4)18-8-6-5-7-9-18/h5-13,23H,1-4H3,(H,22,25). The summed E-state index contributed by atoms with van der Waals surface area (Å²) in [7, 11) is -3.87. The predicted octanol–water partition coefficient (Wildman–Crippen LogP) is 3.33. The van der Waals surface area contributed by atoms with Gasteiger partial charge in [0.1, 0.15) is 0 Å². The van der Waals surface area contributed by atoms with Crippen molar-refractivity contribution >= 4 is 15.9 Å². The van der Waals surface area contributed by atoms with E-state index >= 15 is 0 Å². The lowest BCUT2D eigenvalue weighted by Gasteiger charge is -2.12. The van der Waals surface area contributed by atoms with Gasteiger partial charge in [-0.3, -0.25) is 10.2 Å². The van der Waals surface area contributed by atoms with Crippen LogP contribution in [0.15, 0.2) is 59.5 Å². The minimum absolute atomic E-state index is 0.133. The maximum atomic E-state index is 12.6. The number of para-hydroxylation sites is 1. The minimum atomic E-state index is -3.87. The number of rotatable bonds is 5. The number of aromatic nitrogens is 1. The molecule has 0 radical (unpaired) electrons. The molecule has 0 saturated carbocycles. The molecule has 0 fully saturated rings. The van der Waals surface area contributed by atoms with Crippen LogP contribution < -0.4 is 10.3 Å². The number of carbonyl (C=O) groups excluding carboxylic acids is 1. The molecule has 2 N–H and O–H groups in total. The number of hydrogen-bond acceptors (Lipinski definition) is 3. The van der Waals surface area contributed by atoms with Crippen molar-refractivity contribution in [1.29, 1.82) is 0 Å². The summed E-state index contributed by atoms with van der Waals surface area (Å²) in [5.41, 5.74) is 6.86. The van der Waals surface area contributed by atoms with Gasteiger partial charge in [-0.1, -0.05) is 35.9 Å². The van der Waals surface area contributed by atoms with Crippen LogP contribution in [0, 0.1) is 27.7 Å². The molecular weight excluding hydrogens is 374 g/mol. The highest BCUT2D eigenvalue weighted by Crippen LogP contribution is 2.21. The van der Waals surface area contributed by atoms with Gasteiger partial charge in [0.25, 0.3) is 15.9 Å². The first kappa shape index (κ1) is 19.9. The van der Waals surface area contributed by atoms with Gasteiger partial charge in [-0.15, -0.1) is 4.83 Å². The number of nitrogens with zero attached hydrogens (tertiary/aromatic N) is 1. The molecule has 0 atom stereocenters. The molecule has 1 heterocycles. The topological polar surface area (TPSA) is 80.2 Å². The molecule has 0 aliphatic rings. The fourth-order valence-corrected chi connectivity index (χ4v) is 4.37. The van der Waals surface area contributed by atoms with Crippen LogP contribution in [-0.4, -0.2) is 18.9 Å². The lowest BCUT2D eigenvalue weighted by atomic mass is 10.2. The molecule has 3 rings (SSSR count). The summed E-state index contributed by atoms with van der Waals surface area (Å²) >= 11 is 0. The molecule has 146 valence electrons. The van der Waals surface area contributed by atoms with Gasteiger partial charge >= 0.3 is 0 Å². The maximum absolute atomic E-state index is 12.6. The van der Waals surface area contributed by atoms with Crippen molar-refractivity contribution in [1.82, 2.24) is 14.8 Å². The number of sulfonamides is 1. The number of aryl methyl sites for hydroxylation is 3. The Morgan fingerprint density at radius 3 is 2.25 bits per heavy atom. The van der Waals surface area contributed by atoms with E-state index < -0.39 is 15.9 Å². The van der Waals surface area contributed by atoms with Crippen molar-refractivity contribution in [2.24, 2.45) is 0 Å². The third-order valence-corrected chi connectivity index (χ3v) is 6.02. The van der Waals surface area contributed by atoms with Crippen molar-refractivity contribution in [2.45, 2.75) is 32.6 Å². The van der Waals surface area contributed by atoms with E-state index in [4.69, 9.17) is 0 Å². The Kier molecular flexibility index (Phi) is 5.40. The van der Waals surface area contributed by atoms with Crippen molar-refractivity contribution in [3.63, 3.8) is 0 Å². The lowest BCUT2D eigenvalue weighted by molar-refractivity contribution is 0.0944. The van der Waals surface area contributed by atoms with Gasteiger partial charge in [0.15, 0.2) is 0 Å². The molecule has 2 aromatic carbocycles. The van der Waals surface area contributed by atoms with Crippen molar-refractivity contribution in [3.05, 3.63) is 82.7 Å². The number of hydrazine groups is 1. The van der Waals surface area contributed by atoms with Crippen LogP contribution in [-0.2, 0) is 10.0 Å². The largest absolute Gasteiger partial charge is 0.318 e. The molecule has 28 heavy (non-hydrogen) atoms. The second kappa shape index (κ2) is 7.61. The highest BCUT2D eigenvalue weighted by atomic mass is 32.2. The Labute approximate surface area is 165 Å². The van der Waals surface area contributed by atoms with E-state index in [-0.39, 0.29) is 4.90 Å². The summed E-state index contributed by atoms with van der Waals surface area (Å²) < 4.78 is 27.0. The first-order chi connectivity index (χ1) is 13.2. The summed E-state index contributed by atoms with van der Waals surface area (Å²) in [4.78, 5) is 15.0. The predicted molar refractivity (Wildman–Crippen MR) is 109 cm³/mol. The van der Waals surface area contributed by atoms with E-state index in [1.165, 1.54) is 6.07 Å². The molecule has 7 heteroatoms. The van der Waals surface area contributed by atoms with Crippen LogP contribution in [0.25, 0.3) is 5.69 Å². The maximum Gasteiger partial charge on any atom is 0.268 e. The highest BCUT2D eigenvalue weighted by Gasteiger charge is 2.21. The quantitative estimate of drug-likeness (QED) is 0.648. The summed E-state index contributed by atoms with van der Waals surface area (Å²) in [6.45, 7) is 7.34. The Morgan fingerprint density at radius 1 is 0.929 bits per heavy atom. The van der Waals surface area contributed by atoms with Gasteiger partial charge in [-0.25, -0.2) is 8.42 Å². The van der Waals surface area contributed by atoms with Crippen LogP contribution in [0.2, 0.25) is 0 Å². The van der Waals surface area contributed by atoms with Gasteiger partial charge < -0.3 is 4.57 Å². The first-order valence-corrected chi connectivity index (χ1v) is 10.3. The van der Waals surface area contributed by atoms with Crippen LogP contribution >= 0.6 is 0 Å². The second-order valence-electron chi connectivity index (χ2n) is 6.78. The van der Waals surface area contributed by atoms with Gasteiger partial charge in [0.2, 0.25) is 0 Å². The molecular formula is C21H23N3O3S. The Balaban J connectivity index is 1.82. The van der Waals surface area contributed by atoms with Gasteiger partial charge in [0, 0.05) is 17.1 Å². The van der Waals surface area contributed by atoms with E-state index in [2.05, 4.69) is 10.3 Å². The number of carbonyl (C=O) groups is 1. The number of benzene rings is 2. The van der Waals surface area contributed by atoms with Crippen molar-refractivity contribution in [2.75, 3.05) is 0 Å². The molecule has 0 bridgehead atoms. The fourth-order valence-electron chi connectivity index (χ4n) is 3.30. The van der Waals surface area contributed by atoms with Crippen LogP contribution in [0.1, 0.15) is 32.9 Å². The van der Waals surface area contributed by atoms with Crippen LogP contribution in [0.3, 0.4) is 0 Å². The average molecular weight is 398 g/mol. The summed E-state index contributed by atoms with van der Waals surface area (Å²) in [6, 6.07) is 16.4. The van der Waals surface area contributed by atoms with Crippen LogP contribution in [0.4, 0.5) is 0 Å². The van der Waals surface area contributed by atoms with Crippen molar-refractivity contribution in [3.8, 4) is 5.69 Å². The molecule has 0 unspecified atom stereocenters. The lowest BCUT2D eigenvalue weighted by Crippen LogP contribution is -2.41. The zero-order valence-electron chi connectivity index (χ0n) is 16.3. The van der Waals surface area contributed by atoms with E-state index in [0.29, 0.717) is 11.1 Å². The number of amides is 1. The zero-order chi connectivity index (χ0) is 20.5. The average Bonchev–Trinajstić information content (AvgIpc) is 2.94. The summed E-state index contributed by atoms with van der Waals surface area (Å²) in [5.74, 6) is -0.511. The third-order valence-electron chi connectivity index (χ3n) is 4.61. The molecule has 1 aromatic heterocycles. The van der Waals surface area contributed by atoms with E-state index in [9.17, 15) is 13.2 Å². The molecule has 0 spiro atoms. The van der Waals surface area contributed by atoms with E-state index in [1.807, 2.05) is 55.7 Å². The highest BCUT2D eigenvalue weighted by molar-refractivity contribution is 7.89. The Bertz CT molecular complexity index is 1130. The summed E-state index contributed by atoms with van der Waals surface area (Å²) in [5, 5.41) is 0. The minimum Gasteiger partial charge on any atom is -0.318 e. The molecule has 1 amide bonds. The smallest absolute Gasteiger partial charge is 0.268 e. The van der Waals surface area contributed by atoms with Crippen molar-refractivity contribution < 1.29 is 13.2 Å². The van der Waals surface area contributed by atoms with Gasteiger partial charge in [-0.2, -0.15) is 0 Å².